The van der Waals surface area contributed by atoms with Crippen LogP contribution < -0.4 is 4.74 Å². The molecule has 1 aromatic rings. The summed E-state index contributed by atoms with van der Waals surface area (Å²) in [4.78, 5) is 13.6. The third kappa shape index (κ3) is 3.35. The molecule has 0 atom stereocenters. The van der Waals surface area contributed by atoms with E-state index in [9.17, 15) is 4.79 Å². The fraction of sp³-hybridized carbons (Fsp3) is 0.231. The van der Waals surface area contributed by atoms with Crippen LogP contribution in [0.5, 0.6) is 5.75 Å². The Morgan fingerprint density at radius 3 is 2.35 bits per heavy atom. The molecule has 1 rings (SSSR count). The fourth-order valence-electron chi connectivity index (χ4n) is 1.29. The SMILES string of the molecule is COc1ccc(C(=O)/C(C#N)=C\N(C)C)cc1. The van der Waals surface area contributed by atoms with Gasteiger partial charge in [-0.05, 0) is 24.3 Å². The molecule has 0 saturated carbocycles. The molecule has 0 amide bonds. The van der Waals surface area contributed by atoms with Gasteiger partial charge in [-0.2, -0.15) is 5.26 Å². The van der Waals surface area contributed by atoms with Crippen molar-refractivity contribution in [2.45, 2.75) is 0 Å². The van der Waals surface area contributed by atoms with Gasteiger partial charge in [0, 0.05) is 25.9 Å². The molecule has 4 heteroatoms. The maximum Gasteiger partial charge on any atom is 0.205 e. The summed E-state index contributed by atoms with van der Waals surface area (Å²) in [6.07, 6.45) is 1.51. The van der Waals surface area contributed by atoms with Crippen LogP contribution in [-0.4, -0.2) is 31.9 Å². The molecule has 17 heavy (non-hydrogen) atoms. The van der Waals surface area contributed by atoms with Gasteiger partial charge in [-0.15, -0.1) is 0 Å². The lowest BCUT2D eigenvalue weighted by Gasteiger charge is -2.06. The van der Waals surface area contributed by atoms with Gasteiger partial charge < -0.3 is 9.64 Å². The smallest absolute Gasteiger partial charge is 0.205 e. The highest BCUT2D eigenvalue weighted by Crippen LogP contribution is 2.14. The molecule has 0 spiro atoms. The molecular weight excluding hydrogens is 216 g/mol. The second-order valence-electron chi connectivity index (χ2n) is 3.68. The number of hydrogen-bond acceptors (Lipinski definition) is 4. The Hall–Kier alpha value is -2.28. The van der Waals surface area contributed by atoms with E-state index in [2.05, 4.69) is 0 Å². The largest absolute Gasteiger partial charge is 0.497 e. The second kappa shape index (κ2) is 5.71. The number of Topliss-reactive ketones (excluding diaryl/α,β-unsaturated/α-hetero) is 1. The number of hydrogen-bond donors (Lipinski definition) is 0. The molecular formula is C13H14N2O2. The van der Waals surface area contributed by atoms with E-state index in [0.717, 1.165) is 0 Å². The Morgan fingerprint density at radius 1 is 1.35 bits per heavy atom. The van der Waals surface area contributed by atoms with E-state index in [4.69, 9.17) is 10.00 Å². The van der Waals surface area contributed by atoms with Gasteiger partial charge in [0.2, 0.25) is 5.78 Å². The highest BCUT2D eigenvalue weighted by molar-refractivity contribution is 6.11. The average molecular weight is 230 g/mol. The van der Waals surface area contributed by atoms with Crippen LogP contribution in [-0.2, 0) is 0 Å². The van der Waals surface area contributed by atoms with Crippen molar-refractivity contribution in [3.05, 3.63) is 41.6 Å². The lowest BCUT2D eigenvalue weighted by Crippen LogP contribution is -2.08. The molecule has 0 radical (unpaired) electrons. The fourth-order valence-corrected chi connectivity index (χ4v) is 1.29. The van der Waals surface area contributed by atoms with E-state index >= 15 is 0 Å². The Labute approximate surface area is 101 Å². The average Bonchev–Trinajstić information content (AvgIpc) is 2.35. The molecule has 0 N–H and O–H groups in total. The van der Waals surface area contributed by atoms with Gasteiger partial charge in [0.25, 0.3) is 0 Å². The first-order chi connectivity index (χ1) is 8.08. The Bertz CT molecular complexity index is 467. The highest BCUT2D eigenvalue weighted by Gasteiger charge is 2.12. The number of carbonyl (C=O) groups excluding carboxylic acids is 1. The summed E-state index contributed by atoms with van der Waals surface area (Å²) < 4.78 is 5.00. The van der Waals surface area contributed by atoms with Crippen molar-refractivity contribution < 1.29 is 9.53 Å². The lowest BCUT2D eigenvalue weighted by molar-refractivity contribution is 0.103. The molecule has 1 aromatic carbocycles. The number of benzene rings is 1. The molecule has 0 saturated heterocycles. The molecule has 4 nitrogen and oxygen atoms in total. The van der Waals surface area contributed by atoms with E-state index in [0.29, 0.717) is 11.3 Å². The van der Waals surface area contributed by atoms with Crippen molar-refractivity contribution in [3.63, 3.8) is 0 Å². The van der Waals surface area contributed by atoms with E-state index < -0.39 is 0 Å². The zero-order chi connectivity index (χ0) is 12.8. The number of methoxy groups -OCH3 is 1. The second-order valence-corrected chi connectivity index (χ2v) is 3.68. The van der Waals surface area contributed by atoms with Crippen molar-refractivity contribution in [3.8, 4) is 11.8 Å². The summed E-state index contributed by atoms with van der Waals surface area (Å²) in [6, 6.07) is 8.57. The zero-order valence-corrected chi connectivity index (χ0v) is 10.1. The van der Waals surface area contributed by atoms with Crippen molar-refractivity contribution in [1.82, 2.24) is 4.90 Å². The van der Waals surface area contributed by atoms with Crippen LogP contribution in [0, 0.1) is 11.3 Å². The number of nitriles is 1. The van der Waals surface area contributed by atoms with Gasteiger partial charge in [-0.1, -0.05) is 0 Å². The summed E-state index contributed by atoms with van der Waals surface area (Å²) in [5, 5.41) is 8.92. The minimum atomic E-state index is -0.288. The summed E-state index contributed by atoms with van der Waals surface area (Å²) in [5.74, 6) is 0.389. The summed E-state index contributed by atoms with van der Waals surface area (Å²) in [5.41, 5.74) is 0.584. The topological polar surface area (TPSA) is 53.3 Å². The Kier molecular flexibility index (Phi) is 4.29. The standard InChI is InChI=1S/C13H14N2O2/c1-15(2)9-11(8-14)13(16)10-4-6-12(17-3)7-5-10/h4-7,9H,1-3H3/b11-9-. The van der Waals surface area contributed by atoms with E-state index in [-0.39, 0.29) is 11.4 Å². The zero-order valence-electron chi connectivity index (χ0n) is 10.1. The van der Waals surface area contributed by atoms with Crippen molar-refractivity contribution in [1.29, 1.82) is 5.26 Å². The number of carbonyl (C=O) groups is 1. The van der Waals surface area contributed by atoms with Gasteiger partial charge in [-0.3, -0.25) is 4.79 Å². The Morgan fingerprint density at radius 2 is 1.94 bits per heavy atom. The monoisotopic (exact) mass is 230 g/mol. The van der Waals surface area contributed by atoms with E-state index in [1.165, 1.54) is 6.20 Å². The summed E-state index contributed by atoms with van der Waals surface area (Å²) >= 11 is 0. The number of ether oxygens (including phenoxy) is 1. The molecule has 0 aliphatic carbocycles. The van der Waals surface area contributed by atoms with Crippen LogP contribution in [0.25, 0.3) is 0 Å². The van der Waals surface area contributed by atoms with Crippen LogP contribution in [0.4, 0.5) is 0 Å². The molecule has 0 heterocycles. The number of nitrogens with zero attached hydrogens (tertiary/aromatic N) is 2. The maximum absolute atomic E-state index is 12.0. The number of allylic oxidation sites excluding steroid dienone is 1. The predicted molar refractivity (Wildman–Crippen MR) is 64.7 cm³/mol. The van der Waals surface area contributed by atoms with Gasteiger partial charge >= 0.3 is 0 Å². The maximum atomic E-state index is 12.0. The van der Waals surface area contributed by atoms with Crippen LogP contribution in [0.2, 0.25) is 0 Å². The molecule has 0 aliphatic rings. The minimum Gasteiger partial charge on any atom is -0.497 e. The lowest BCUT2D eigenvalue weighted by atomic mass is 10.1. The van der Waals surface area contributed by atoms with Gasteiger partial charge in [0.1, 0.15) is 17.4 Å². The van der Waals surface area contributed by atoms with Crippen LogP contribution in [0.1, 0.15) is 10.4 Å². The van der Waals surface area contributed by atoms with Gasteiger partial charge in [0.15, 0.2) is 0 Å². The molecule has 0 aliphatic heterocycles. The first kappa shape index (κ1) is 12.8. The first-order valence-corrected chi connectivity index (χ1v) is 5.05. The molecule has 88 valence electrons. The minimum absolute atomic E-state index is 0.111. The summed E-state index contributed by atoms with van der Waals surface area (Å²) in [7, 11) is 5.08. The van der Waals surface area contributed by atoms with Crippen LogP contribution in [0.3, 0.4) is 0 Å². The summed E-state index contributed by atoms with van der Waals surface area (Å²) in [6.45, 7) is 0. The molecule has 0 aromatic heterocycles. The molecule has 0 bridgehead atoms. The number of rotatable bonds is 4. The third-order valence-electron chi connectivity index (χ3n) is 2.10. The predicted octanol–water partition coefficient (Wildman–Crippen LogP) is 1.85. The van der Waals surface area contributed by atoms with E-state index in [1.54, 1.807) is 50.4 Å². The van der Waals surface area contributed by atoms with Crippen molar-refractivity contribution in [2.24, 2.45) is 0 Å². The third-order valence-corrected chi connectivity index (χ3v) is 2.10. The quantitative estimate of drug-likeness (QED) is 0.450. The highest BCUT2D eigenvalue weighted by atomic mass is 16.5. The van der Waals surface area contributed by atoms with Crippen LogP contribution in [0.15, 0.2) is 36.0 Å². The number of ketones is 1. The Balaban J connectivity index is 2.99. The van der Waals surface area contributed by atoms with Gasteiger partial charge in [0.05, 0.1) is 7.11 Å². The molecule has 0 fully saturated rings. The normalized spacial score (nSPS) is 10.6. The first-order valence-electron chi connectivity index (χ1n) is 5.05. The van der Waals surface area contributed by atoms with Crippen molar-refractivity contribution in [2.75, 3.05) is 21.2 Å². The van der Waals surface area contributed by atoms with Crippen molar-refractivity contribution >= 4 is 5.78 Å². The van der Waals surface area contributed by atoms with Crippen LogP contribution >= 0.6 is 0 Å². The van der Waals surface area contributed by atoms with E-state index in [1.807, 2.05) is 6.07 Å². The van der Waals surface area contributed by atoms with Gasteiger partial charge in [-0.25, -0.2) is 0 Å². The molecule has 0 unspecified atom stereocenters.